The predicted octanol–water partition coefficient (Wildman–Crippen LogP) is 2.68. The normalized spacial score (nSPS) is 11.5. The Kier molecular flexibility index (Phi) is 5.63. The van der Waals surface area contributed by atoms with Crippen LogP contribution in [-0.4, -0.2) is 38.5 Å². The van der Waals surface area contributed by atoms with Crippen molar-refractivity contribution in [1.82, 2.24) is 4.31 Å². The molecule has 0 atom stereocenters. The fourth-order valence-corrected chi connectivity index (χ4v) is 3.35. The molecule has 0 unspecified atom stereocenters. The number of benzene rings is 2. The molecule has 0 aliphatic rings. The lowest BCUT2D eigenvalue weighted by Gasteiger charge is -2.16. The van der Waals surface area contributed by atoms with E-state index in [1.807, 2.05) is 6.92 Å². The Morgan fingerprint density at radius 1 is 0.962 bits per heavy atom. The van der Waals surface area contributed by atoms with Gasteiger partial charge in [-0.25, -0.2) is 12.7 Å². The minimum absolute atomic E-state index is 0.0590. The van der Waals surface area contributed by atoms with E-state index in [1.54, 1.807) is 44.2 Å². The summed E-state index contributed by atoms with van der Waals surface area (Å²) in [5.74, 6) is -1.49. The van der Waals surface area contributed by atoms with Gasteiger partial charge >= 0.3 is 0 Å². The molecule has 0 aliphatic heterocycles. The lowest BCUT2D eigenvalue weighted by atomic mass is 10.1. The molecule has 0 radical (unpaired) electrons. The third kappa shape index (κ3) is 4.00. The summed E-state index contributed by atoms with van der Waals surface area (Å²) < 4.78 is 25.8. The predicted molar refractivity (Wildman–Crippen MR) is 101 cm³/mol. The summed E-state index contributed by atoms with van der Waals surface area (Å²) in [6.45, 7) is 5.39. The highest BCUT2D eigenvalue weighted by atomic mass is 32.2. The van der Waals surface area contributed by atoms with Gasteiger partial charge in [-0.05, 0) is 44.0 Å². The highest BCUT2D eigenvalue weighted by molar-refractivity contribution is 7.89. The van der Waals surface area contributed by atoms with Crippen molar-refractivity contribution >= 4 is 27.4 Å². The number of hydrogen-bond acceptors (Lipinski definition) is 4. The van der Waals surface area contributed by atoms with Crippen molar-refractivity contribution in [2.24, 2.45) is 0 Å². The molecule has 7 heteroatoms. The molecule has 0 saturated carbocycles. The maximum atomic E-state index is 12.4. The molecule has 0 spiro atoms. The maximum absolute atomic E-state index is 12.4. The molecule has 138 valence electrons. The molecule has 2 aromatic carbocycles. The summed E-state index contributed by atoms with van der Waals surface area (Å²) in [7, 11) is -0.786. The zero-order chi connectivity index (χ0) is 19.6. The van der Waals surface area contributed by atoms with Crippen LogP contribution < -0.4 is 5.32 Å². The van der Waals surface area contributed by atoms with Crippen LogP contribution in [0.2, 0.25) is 0 Å². The van der Waals surface area contributed by atoms with E-state index < -0.39 is 21.7 Å². The van der Waals surface area contributed by atoms with E-state index in [-0.39, 0.29) is 10.5 Å². The zero-order valence-electron chi connectivity index (χ0n) is 15.5. The number of ketones is 1. The van der Waals surface area contributed by atoms with Crippen molar-refractivity contribution < 1.29 is 18.0 Å². The smallest absolute Gasteiger partial charge is 0.296 e. The fraction of sp³-hybridized carbons (Fsp3) is 0.263. The van der Waals surface area contributed by atoms with Crippen LogP contribution in [0, 0.1) is 20.8 Å². The minimum atomic E-state index is -3.65. The third-order valence-corrected chi connectivity index (χ3v) is 5.98. The van der Waals surface area contributed by atoms with Crippen molar-refractivity contribution in [1.29, 1.82) is 0 Å². The second-order valence-electron chi connectivity index (χ2n) is 6.35. The first-order valence-electron chi connectivity index (χ1n) is 8.00. The first kappa shape index (κ1) is 19.8. The van der Waals surface area contributed by atoms with Gasteiger partial charge in [0.15, 0.2) is 0 Å². The average molecular weight is 374 g/mol. The number of aryl methyl sites for hydroxylation is 2. The highest BCUT2D eigenvalue weighted by Gasteiger charge is 2.22. The first-order chi connectivity index (χ1) is 12.0. The summed E-state index contributed by atoms with van der Waals surface area (Å²) in [6.07, 6.45) is 0. The van der Waals surface area contributed by atoms with Gasteiger partial charge in [-0.2, -0.15) is 0 Å². The third-order valence-electron chi connectivity index (χ3n) is 4.19. The van der Waals surface area contributed by atoms with Gasteiger partial charge in [-0.3, -0.25) is 9.59 Å². The number of carbonyl (C=O) groups excluding carboxylic acids is 2. The Balaban J connectivity index is 2.37. The average Bonchev–Trinajstić information content (AvgIpc) is 2.58. The standard InChI is InChI=1S/C19H22N2O4S/c1-12-6-8-15(9-7-12)18(22)19(23)20-17-11-16(10-13(2)14(17)3)26(24,25)21(4)5/h6-11H,1-5H3,(H,20,23). The lowest BCUT2D eigenvalue weighted by Crippen LogP contribution is -2.25. The number of Topliss-reactive ketones (excluding diaryl/α,β-unsaturated/α-hetero) is 1. The summed E-state index contributed by atoms with van der Waals surface area (Å²) in [5.41, 5.74) is 2.96. The van der Waals surface area contributed by atoms with Gasteiger partial charge in [-0.15, -0.1) is 0 Å². The van der Waals surface area contributed by atoms with Crippen molar-refractivity contribution in [2.75, 3.05) is 19.4 Å². The molecule has 2 rings (SSSR count). The quantitative estimate of drug-likeness (QED) is 0.644. The van der Waals surface area contributed by atoms with E-state index in [4.69, 9.17) is 0 Å². The van der Waals surface area contributed by atoms with Crippen molar-refractivity contribution in [3.63, 3.8) is 0 Å². The molecule has 0 bridgehead atoms. The van der Waals surface area contributed by atoms with E-state index >= 15 is 0 Å². The van der Waals surface area contributed by atoms with Crippen LogP contribution in [0.15, 0.2) is 41.3 Å². The van der Waals surface area contributed by atoms with Crippen LogP contribution in [-0.2, 0) is 14.8 Å². The van der Waals surface area contributed by atoms with Gasteiger partial charge in [0.1, 0.15) is 0 Å². The molecule has 0 fully saturated rings. The second-order valence-corrected chi connectivity index (χ2v) is 8.50. The summed E-state index contributed by atoms with van der Waals surface area (Å²) in [5, 5.41) is 2.54. The number of nitrogens with one attached hydrogen (secondary N) is 1. The fourth-order valence-electron chi connectivity index (χ4n) is 2.33. The molecule has 0 aromatic heterocycles. The van der Waals surface area contributed by atoms with Gasteiger partial charge in [0.05, 0.1) is 4.90 Å². The summed E-state index contributed by atoms with van der Waals surface area (Å²) >= 11 is 0. The Bertz CT molecular complexity index is 962. The molecular weight excluding hydrogens is 352 g/mol. The van der Waals surface area contributed by atoms with Crippen LogP contribution in [0.25, 0.3) is 0 Å². The Morgan fingerprint density at radius 3 is 2.08 bits per heavy atom. The maximum Gasteiger partial charge on any atom is 0.296 e. The molecular formula is C19H22N2O4S. The van der Waals surface area contributed by atoms with Crippen LogP contribution in [0.4, 0.5) is 5.69 Å². The van der Waals surface area contributed by atoms with Gasteiger partial charge in [0.2, 0.25) is 10.0 Å². The number of amides is 1. The minimum Gasteiger partial charge on any atom is -0.319 e. The highest BCUT2D eigenvalue weighted by Crippen LogP contribution is 2.25. The number of carbonyl (C=O) groups is 2. The molecule has 0 aliphatic carbocycles. The number of nitrogens with zero attached hydrogens (tertiary/aromatic N) is 1. The molecule has 0 saturated heterocycles. The van der Waals surface area contributed by atoms with E-state index in [0.29, 0.717) is 16.8 Å². The SMILES string of the molecule is Cc1ccc(C(=O)C(=O)Nc2cc(S(=O)(=O)N(C)C)cc(C)c2C)cc1. The number of hydrogen-bond donors (Lipinski definition) is 1. The van der Waals surface area contributed by atoms with Crippen molar-refractivity contribution in [3.05, 3.63) is 58.7 Å². The van der Waals surface area contributed by atoms with E-state index in [1.165, 1.54) is 20.2 Å². The molecule has 26 heavy (non-hydrogen) atoms. The van der Waals surface area contributed by atoms with Gasteiger partial charge < -0.3 is 5.32 Å². The van der Waals surface area contributed by atoms with E-state index in [9.17, 15) is 18.0 Å². The van der Waals surface area contributed by atoms with Crippen molar-refractivity contribution in [3.8, 4) is 0 Å². The topological polar surface area (TPSA) is 83.5 Å². The van der Waals surface area contributed by atoms with Crippen LogP contribution in [0.3, 0.4) is 0 Å². The largest absolute Gasteiger partial charge is 0.319 e. The Morgan fingerprint density at radius 2 is 1.54 bits per heavy atom. The Hall–Kier alpha value is -2.51. The summed E-state index contributed by atoms with van der Waals surface area (Å²) in [4.78, 5) is 24.7. The second kappa shape index (κ2) is 7.39. The number of rotatable bonds is 5. The molecule has 1 amide bonds. The van der Waals surface area contributed by atoms with Crippen LogP contribution in [0.5, 0.6) is 0 Å². The monoisotopic (exact) mass is 374 g/mol. The molecule has 0 heterocycles. The number of anilines is 1. The molecule has 6 nitrogen and oxygen atoms in total. The summed E-state index contributed by atoms with van der Waals surface area (Å²) in [6, 6.07) is 9.59. The van der Waals surface area contributed by atoms with Crippen LogP contribution >= 0.6 is 0 Å². The Labute approximate surface area is 153 Å². The van der Waals surface area contributed by atoms with E-state index in [0.717, 1.165) is 9.87 Å². The molecule has 1 N–H and O–H groups in total. The number of sulfonamides is 1. The van der Waals surface area contributed by atoms with Gasteiger partial charge in [0.25, 0.3) is 11.7 Å². The lowest BCUT2D eigenvalue weighted by molar-refractivity contribution is -0.112. The zero-order valence-corrected chi connectivity index (χ0v) is 16.3. The van der Waals surface area contributed by atoms with Gasteiger partial charge in [-0.1, -0.05) is 29.8 Å². The first-order valence-corrected chi connectivity index (χ1v) is 9.44. The van der Waals surface area contributed by atoms with E-state index in [2.05, 4.69) is 5.32 Å². The van der Waals surface area contributed by atoms with Gasteiger partial charge in [0, 0.05) is 25.3 Å². The van der Waals surface area contributed by atoms with Crippen LogP contribution in [0.1, 0.15) is 27.0 Å². The van der Waals surface area contributed by atoms with Crippen molar-refractivity contribution in [2.45, 2.75) is 25.7 Å². The molecule has 2 aromatic rings.